The molecule has 0 bridgehead atoms. The van der Waals surface area contributed by atoms with E-state index in [9.17, 15) is 4.79 Å². The first-order valence-electron chi connectivity index (χ1n) is 9.23. The van der Waals surface area contributed by atoms with E-state index in [1.807, 2.05) is 0 Å². The molecule has 0 aliphatic carbocycles. The van der Waals surface area contributed by atoms with Gasteiger partial charge in [0.1, 0.15) is 13.2 Å². The second-order valence-electron chi connectivity index (χ2n) is 6.20. The topological polar surface area (TPSA) is 83.2 Å². The molecule has 2 rings (SSSR count). The van der Waals surface area contributed by atoms with Crippen LogP contribution in [0.15, 0.2) is 12.1 Å². The van der Waals surface area contributed by atoms with Crippen molar-refractivity contribution in [3.8, 4) is 11.5 Å². The molecule has 0 spiro atoms. The van der Waals surface area contributed by atoms with Crippen LogP contribution in [-0.4, -0.2) is 64.0 Å². The van der Waals surface area contributed by atoms with E-state index in [4.69, 9.17) is 24.7 Å². The number of nitrogen functional groups attached to an aromatic ring is 1. The molecule has 1 aromatic carbocycles. The molecule has 0 atom stereocenters. The first-order chi connectivity index (χ1) is 12.7. The van der Waals surface area contributed by atoms with Crippen LogP contribution in [0.1, 0.15) is 36.5 Å². The number of ether oxygens (including phenoxy) is 4. The maximum absolute atomic E-state index is 12.1. The van der Waals surface area contributed by atoms with E-state index in [2.05, 4.69) is 4.90 Å². The number of anilines is 1. The lowest BCUT2D eigenvalue weighted by Gasteiger charge is -2.26. The summed E-state index contributed by atoms with van der Waals surface area (Å²) >= 11 is 0. The zero-order chi connectivity index (χ0) is 18.8. The van der Waals surface area contributed by atoms with Crippen molar-refractivity contribution >= 4 is 11.7 Å². The Morgan fingerprint density at radius 3 is 2.46 bits per heavy atom. The number of piperidine rings is 1. The molecule has 1 saturated heterocycles. The quantitative estimate of drug-likeness (QED) is 0.386. The van der Waals surface area contributed by atoms with Gasteiger partial charge in [-0.15, -0.1) is 0 Å². The molecule has 0 unspecified atom stereocenters. The lowest BCUT2D eigenvalue weighted by Crippen LogP contribution is -2.33. The van der Waals surface area contributed by atoms with Gasteiger partial charge < -0.3 is 24.7 Å². The maximum atomic E-state index is 12.1. The van der Waals surface area contributed by atoms with Crippen LogP contribution in [0, 0.1) is 0 Å². The molecule has 0 saturated carbocycles. The summed E-state index contributed by atoms with van der Waals surface area (Å²) in [6, 6.07) is 3.21. The largest absolute Gasteiger partial charge is 0.488 e. The Morgan fingerprint density at radius 2 is 1.77 bits per heavy atom. The summed E-state index contributed by atoms with van der Waals surface area (Å²) in [5.74, 6) is 0.538. The standard InChI is InChI=1S/C19H30N2O5/c1-3-24-19(22)15-13-17(18(14-16(15)20)26-12-11-23-2)25-10-9-21-7-5-4-6-8-21/h13-14H,3-12,20H2,1-2H3. The van der Waals surface area contributed by atoms with Gasteiger partial charge in [0.25, 0.3) is 0 Å². The molecule has 7 heteroatoms. The molecule has 146 valence electrons. The predicted octanol–water partition coefficient (Wildman–Crippen LogP) is 2.34. The van der Waals surface area contributed by atoms with Crippen molar-refractivity contribution in [1.82, 2.24) is 4.90 Å². The van der Waals surface area contributed by atoms with E-state index in [0.29, 0.717) is 42.6 Å². The molecule has 2 N–H and O–H groups in total. The minimum absolute atomic E-state index is 0.287. The molecule has 7 nitrogen and oxygen atoms in total. The molecular formula is C19H30N2O5. The highest BCUT2D eigenvalue weighted by Crippen LogP contribution is 2.33. The van der Waals surface area contributed by atoms with Gasteiger partial charge >= 0.3 is 5.97 Å². The van der Waals surface area contributed by atoms with Gasteiger partial charge in [-0.2, -0.15) is 0 Å². The normalized spacial score (nSPS) is 14.8. The van der Waals surface area contributed by atoms with Gasteiger partial charge in [-0.1, -0.05) is 6.42 Å². The van der Waals surface area contributed by atoms with Crippen molar-refractivity contribution in [3.05, 3.63) is 17.7 Å². The SMILES string of the molecule is CCOC(=O)c1cc(OCCN2CCCCC2)c(OCCOC)cc1N. The molecule has 26 heavy (non-hydrogen) atoms. The summed E-state index contributed by atoms with van der Waals surface area (Å²) in [6.07, 6.45) is 3.77. The maximum Gasteiger partial charge on any atom is 0.340 e. The predicted molar refractivity (Wildman–Crippen MR) is 100.0 cm³/mol. The zero-order valence-corrected chi connectivity index (χ0v) is 15.8. The fourth-order valence-electron chi connectivity index (χ4n) is 2.89. The molecule has 1 aliphatic rings. The molecule has 0 radical (unpaired) electrons. The van der Waals surface area contributed by atoms with Crippen LogP contribution in [-0.2, 0) is 9.47 Å². The highest BCUT2D eigenvalue weighted by atomic mass is 16.5. The number of benzene rings is 1. The Balaban J connectivity index is 2.07. The molecule has 0 aromatic heterocycles. The minimum Gasteiger partial charge on any atom is -0.488 e. The lowest BCUT2D eigenvalue weighted by atomic mass is 10.1. The van der Waals surface area contributed by atoms with Crippen molar-refractivity contribution in [2.75, 3.05) is 58.9 Å². The minimum atomic E-state index is -0.464. The Hall–Kier alpha value is -1.99. The first kappa shape index (κ1) is 20.3. The highest BCUT2D eigenvalue weighted by molar-refractivity contribution is 5.96. The van der Waals surface area contributed by atoms with Gasteiger partial charge in [0.05, 0.1) is 24.5 Å². The number of rotatable bonds is 10. The van der Waals surface area contributed by atoms with E-state index >= 15 is 0 Å². The second kappa shape index (κ2) is 10.9. The molecule has 1 fully saturated rings. The van der Waals surface area contributed by atoms with Gasteiger partial charge in [0.15, 0.2) is 11.5 Å². The van der Waals surface area contributed by atoms with E-state index < -0.39 is 5.97 Å². The molecular weight excluding hydrogens is 336 g/mol. The number of methoxy groups -OCH3 is 1. The van der Waals surface area contributed by atoms with E-state index in [1.165, 1.54) is 19.3 Å². The number of hydrogen-bond acceptors (Lipinski definition) is 7. The first-order valence-corrected chi connectivity index (χ1v) is 9.23. The summed E-state index contributed by atoms with van der Waals surface area (Å²) in [7, 11) is 1.61. The number of nitrogens with zero attached hydrogens (tertiary/aromatic N) is 1. The highest BCUT2D eigenvalue weighted by Gasteiger charge is 2.18. The van der Waals surface area contributed by atoms with Gasteiger partial charge in [0.2, 0.25) is 0 Å². The van der Waals surface area contributed by atoms with E-state index in [0.717, 1.165) is 19.6 Å². The van der Waals surface area contributed by atoms with Gasteiger partial charge in [-0.05, 0) is 32.9 Å². The zero-order valence-electron chi connectivity index (χ0n) is 15.8. The number of esters is 1. The number of carbonyl (C=O) groups excluding carboxylic acids is 1. The van der Waals surface area contributed by atoms with Crippen molar-refractivity contribution in [3.63, 3.8) is 0 Å². The third-order valence-electron chi connectivity index (χ3n) is 4.27. The van der Waals surface area contributed by atoms with Gasteiger partial charge in [-0.25, -0.2) is 4.79 Å². The third kappa shape index (κ3) is 6.07. The second-order valence-corrected chi connectivity index (χ2v) is 6.20. The summed E-state index contributed by atoms with van der Waals surface area (Å²) < 4.78 is 21.7. The van der Waals surface area contributed by atoms with Crippen molar-refractivity contribution < 1.29 is 23.7 Å². The van der Waals surface area contributed by atoms with Crippen LogP contribution in [0.4, 0.5) is 5.69 Å². The van der Waals surface area contributed by atoms with Crippen molar-refractivity contribution in [1.29, 1.82) is 0 Å². The van der Waals surface area contributed by atoms with Crippen LogP contribution in [0.25, 0.3) is 0 Å². The molecule has 1 heterocycles. The van der Waals surface area contributed by atoms with Crippen LogP contribution in [0.3, 0.4) is 0 Å². The number of nitrogens with two attached hydrogens (primary N) is 1. The van der Waals surface area contributed by atoms with Crippen LogP contribution < -0.4 is 15.2 Å². The Morgan fingerprint density at radius 1 is 1.08 bits per heavy atom. The monoisotopic (exact) mass is 366 g/mol. The summed E-state index contributed by atoms with van der Waals surface area (Å²) in [5.41, 5.74) is 6.59. The summed E-state index contributed by atoms with van der Waals surface area (Å²) in [5, 5.41) is 0. The number of hydrogen-bond donors (Lipinski definition) is 1. The van der Waals surface area contributed by atoms with Crippen LogP contribution >= 0.6 is 0 Å². The summed E-state index contributed by atoms with van der Waals surface area (Å²) in [6.45, 7) is 6.45. The summed E-state index contributed by atoms with van der Waals surface area (Å²) in [4.78, 5) is 14.5. The average Bonchev–Trinajstić information content (AvgIpc) is 2.64. The Kier molecular flexibility index (Phi) is 8.50. The smallest absolute Gasteiger partial charge is 0.340 e. The van der Waals surface area contributed by atoms with E-state index in [-0.39, 0.29) is 6.61 Å². The number of carbonyl (C=O) groups is 1. The molecule has 1 aromatic rings. The van der Waals surface area contributed by atoms with Gasteiger partial charge in [-0.3, -0.25) is 4.90 Å². The van der Waals surface area contributed by atoms with E-state index in [1.54, 1.807) is 26.2 Å². The molecule has 0 amide bonds. The fraction of sp³-hybridized carbons (Fsp3) is 0.632. The van der Waals surface area contributed by atoms with Gasteiger partial charge in [0, 0.05) is 25.8 Å². The third-order valence-corrected chi connectivity index (χ3v) is 4.27. The Labute approximate surface area is 155 Å². The van der Waals surface area contributed by atoms with Crippen molar-refractivity contribution in [2.24, 2.45) is 0 Å². The van der Waals surface area contributed by atoms with Crippen LogP contribution in [0.5, 0.6) is 11.5 Å². The number of likely N-dealkylation sites (tertiary alicyclic amines) is 1. The fourth-order valence-corrected chi connectivity index (χ4v) is 2.89. The average molecular weight is 366 g/mol. The van der Waals surface area contributed by atoms with Crippen molar-refractivity contribution in [2.45, 2.75) is 26.2 Å². The molecule has 1 aliphatic heterocycles. The Bertz CT molecular complexity index is 573. The van der Waals surface area contributed by atoms with Crippen LogP contribution in [0.2, 0.25) is 0 Å². The lowest BCUT2D eigenvalue weighted by molar-refractivity contribution is 0.0527.